The van der Waals surface area contributed by atoms with Gasteiger partial charge in [0, 0.05) is 12.1 Å². The van der Waals surface area contributed by atoms with Crippen molar-refractivity contribution in [1.29, 1.82) is 0 Å². The molecule has 6 heteroatoms. The molecule has 1 amide bonds. The fourth-order valence-corrected chi connectivity index (χ4v) is 2.92. The summed E-state index contributed by atoms with van der Waals surface area (Å²) in [6.07, 6.45) is 6.51. The van der Waals surface area contributed by atoms with E-state index in [1.165, 1.54) is 6.08 Å². The van der Waals surface area contributed by atoms with E-state index >= 15 is 0 Å². The second kappa shape index (κ2) is 7.86. The van der Waals surface area contributed by atoms with Crippen LogP contribution in [0.4, 0.5) is 0 Å². The maximum Gasteiger partial charge on any atom is 0.329 e. The van der Waals surface area contributed by atoms with Crippen LogP contribution in [0, 0.1) is 0 Å². The summed E-state index contributed by atoms with van der Waals surface area (Å²) in [5.41, 5.74) is -0.416. The zero-order chi connectivity index (χ0) is 17.6. The molecule has 1 saturated carbocycles. The van der Waals surface area contributed by atoms with Gasteiger partial charge in [-0.15, -0.1) is 0 Å². The first-order valence-electron chi connectivity index (χ1n) is 7.96. The minimum Gasteiger partial charge on any atom is -0.497 e. The molecule has 0 radical (unpaired) electrons. The van der Waals surface area contributed by atoms with Gasteiger partial charge in [-0.25, -0.2) is 4.79 Å². The molecule has 0 bridgehead atoms. The van der Waals surface area contributed by atoms with Crippen molar-refractivity contribution in [3.05, 3.63) is 29.8 Å². The molecule has 1 aromatic rings. The number of nitrogens with one attached hydrogen (secondary N) is 1. The van der Waals surface area contributed by atoms with Crippen molar-refractivity contribution >= 4 is 18.0 Å². The molecule has 0 aromatic heterocycles. The first kappa shape index (κ1) is 17.8. The number of rotatable bonds is 6. The highest BCUT2D eigenvalue weighted by atomic mass is 16.5. The van der Waals surface area contributed by atoms with E-state index in [2.05, 4.69) is 5.32 Å². The van der Waals surface area contributed by atoms with Crippen molar-refractivity contribution in [2.75, 3.05) is 14.2 Å². The Kier molecular flexibility index (Phi) is 5.84. The van der Waals surface area contributed by atoms with Crippen molar-refractivity contribution in [3.63, 3.8) is 0 Å². The molecular formula is C18H23NO5. The van der Waals surface area contributed by atoms with Crippen LogP contribution >= 0.6 is 0 Å². The molecule has 0 spiro atoms. The van der Waals surface area contributed by atoms with Gasteiger partial charge in [0.1, 0.15) is 17.0 Å². The predicted molar refractivity (Wildman–Crippen MR) is 90.2 cm³/mol. The minimum absolute atomic E-state index is 0.416. The SMILES string of the molecule is COc1cc(/C=C/C(=O)NC2(C(=O)O)CCCCC2)cc(OC)c1. The van der Waals surface area contributed by atoms with E-state index < -0.39 is 17.4 Å². The number of benzene rings is 1. The Morgan fingerprint density at radius 3 is 2.17 bits per heavy atom. The Hall–Kier alpha value is -2.50. The van der Waals surface area contributed by atoms with E-state index in [4.69, 9.17) is 9.47 Å². The van der Waals surface area contributed by atoms with Gasteiger partial charge in [0.2, 0.25) is 5.91 Å². The van der Waals surface area contributed by atoms with Gasteiger partial charge in [-0.2, -0.15) is 0 Å². The molecule has 24 heavy (non-hydrogen) atoms. The maximum absolute atomic E-state index is 12.2. The van der Waals surface area contributed by atoms with Gasteiger partial charge < -0.3 is 19.9 Å². The molecule has 2 rings (SSSR count). The van der Waals surface area contributed by atoms with E-state index in [0.717, 1.165) is 24.8 Å². The molecule has 1 fully saturated rings. The van der Waals surface area contributed by atoms with Gasteiger partial charge in [0.25, 0.3) is 0 Å². The molecule has 0 heterocycles. The van der Waals surface area contributed by atoms with Crippen LogP contribution < -0.4 is 14.8 Å². The Labute approximate surface area is 141 Å². The number of aliphatic carboxylic acids is 1. The predicted octanol–water partition coefficient (Wildman–Crippen LogP) is 2.62. The van der Waals surface area contributed by atoms with E-state index in [1.54, 1.807) is 38.5 Å². The maximum atomic E-state index is 12.2. The van der Waals surface area contributed by atoms with Crippen LogP contribution in [0.1, 0.15) is 37.7 Å². The topological polar surface area (TPSA) is 84.9 Å². The first-order valence-corrected chi connectivity index (χ1v) is 7.96. The summed E-state index contributed by atoms with van der Waals surface area (Å²) < 4.78 is 10.4. The number of carboxylic acids is 1. The molecule has 2 N–H and O–H groups in total. The van der Waals surface area contributed by atoms with Crippen molar-refractivity contribution in [2.45, 2.75) is 37.6 Å². The number of hydrogen-bond acceptors (Lipinski definition) is 4. The number of carboxylic acid groups (broad SMARTS) is 1. The Morgan fingerprint density at radius 2 is 1.67 bits per heavy atom. The largest absolute Gasteiger partial charge is 0.497 e. The highest BCUT2D eigenvalue weighted by molar-refractivity contribution is 5.96. The lowest BCUT2D eigenvalue weighted by atomic mass is 9.81. The number of hydrogen-bond donors (Lipinski definition) is 2. The van der Waals surface area contributed by atoms with Crippen LogP contribution in [0.25, 0.3) is 6.08 Å². The average Bonchev–Trinajstić information content (AvgIpc) is 2.60. The van der Waals surface area contributed by atoms with Crippen molar-refractivity contribution in [2.24, 2.45) is 0 Å². The highest BCUT2D eigenvalue weighted by Gasteiger charge is 2.40. The fraction of sp³-hybridized carbons (Fsp3) is 0.444. The molecule has 1 aromatic carbocycles. The summed E-state index contributed by atoms with van der Waals surface area (Å²) in [4.78, 5) is 23.8. The van der Waals surface area contributed by atoms with E-state index in [0.29, 0.717) is 24.3 Å². The van der Waals surface area contributed by atoms with Crippen LogP contribution in [0.5, 0.6) is 11.5 Å². The molecule has 0 atom stereocenters. The summed E-state index contributed by atoms with van der Waals surface area (Å²) in [6.45, 7) is 0. The lowest BCUT2D eigenvalue weighted by Gasteiger charge is -2.33. The Morgan fingerprint density at radius 1 is 1.08 bits per heavy atom. The number of amides is 1. The molecule has 0 unspecified atom stereocenters. The van der Waals surface area contributed by atoms with Gasteiger partial charge >= 0.3 is 5.97 Å². The number of methoxy groups -OCH3 is 2. The van der Waals surface area contributed by atoms with Gasteiger partial charge in [-0.3, -0.25) is 4.79 Å². The second-order valence-electron chi connectivity index (χ2n) is 5.92. The van der Waals surface area contributed by atoms with Crippen LogP contribution in [0.15, 0.2) is 24.3 Å². The zero-order valence-electron chi connectivity index (χ0n) is 14.0. The number of carbonyl (C=O) groups is 2. The summed E-state index contributed by atoms with van der Waals surface area (Å²) in [6, 6.07) is 5.26. The van der Waals surface area contributed by atoms with Gasteiger partial charge in [0.15, 0.2) is 0 Å². The standard InChI is InChI=1S/C18H23NO5/c1-23-14-10-13(11-15(12-14)24-2)6-7-16(20)19-18(17(21)22)8-4-3-5-9-18/h6-7,10-12H,3-5,8-9H2,1-2H3,(H,19,20)(H,21,22)/b7-6+. The Bertz CT molecular complexity index is 610. The monoisotopic (exact) mass is 333 g/mol. The third-order valence-corrected chi connectivity index (χ3v) is 4.28. The molecule has 6 nitrogen and oxygen atoms in total. The summed E-state index contributed by atoms with van der Waals surface area (Å²) in [5.74, 6) is -0.152. The van der Waals surface area contributed by atoms with E-state index in [-0.39, 0.29) is 0 Å². The molecule has 0 aliphatic heterocycles. The zero-order valence-corrected chi connectivity index (χ0v) is 14.0. The highest BCUT2D eigenvalue weighted by Crippen LogP contribution is 2.28. The van der Waals surface area contributed by atoms with Gasteiger partial charge in [0.05, 0.1) is 14.2 Å². The molecular weight excluding hydrogens is 310 g/mol. The molecule has 0 saturated heterocycles. The third kappa shape index (κ3) is 4.28. The quantitative estimate of drug-likeness (QED) is 0.782. The molecule has 1 aliphatic rings. The van der Waals surface area contributed by atoms with Crippen molar-refractivity contribution < 1.29 is 24.2 Å². The van der Waals surface area contributed by atoms with Crippen LogP contribution in [0.3, 0.4) is 0 Å². The minimum atomic E-state index is -1.15. The van der Waals surface area contributed by atoms with Gasteiger partial charge in [-0.1, -0.05) is 19.3 Å². The lowest BCUT2D eigenvalue weighted by molar-refractivity contribution is -0.148. The second-order valence-corrected chi connectivity index (χ2v) is 5.92. The number of carbonyl (C=O) groups excluding carboxylic acids is 1. The van der Waals surface area contributed by atoms with Gasteiger partial charge in [-0.05, 0) is 36.6 Å². The summed E-state index contributed by atoms with van der Waals surface area (Å²) in [7, 11) is 3.10. The molecule has 130 valence electrons. The lowest BCUT2D eigenvalue weighted by Crippen LogP contribution is -2.55. The average molecular weight is 333 g/mol. The van der Waals surface area contributed by atoms with Crippen LogP contribution in [-0.4, -0.2) is 36.7 Å². The summed E-state index contributed by atoms with van der Waals surface area (Å²) >= 11 is 0. The van der Waals surface area contributed by atoms with Crippen molar-refractivity contribution in [3.8, 4) is 11.5 Å². The first-order chi connectivity index (χ1) is 11.5. The third-order valence-electron chi connectivity index (χ3n) is 4.28. The Balaban J connectivity index is 2.11. The molecule has 1 aliphatic carbocycles. The fourth-order valence-electron chi connectivity index (χ4n) is 2.92. The number of ether oxygens (including phenoxy) is 2. The van der Waals surface area contributed by atoms with Crippen LogP contribution in [0.2, 0.25) is 0 Å². The van der Waals surface area contributed by atoms with E-state index in [9.17, 15) is 14.7 Å². The van der Waals surface area contributed by atoms with Crippen molar-refractivity contribution in [1.82, 2.24) is 5.32 Å². The van der Waals surface area contributed by atoms with E-state index in [1.807, 2.05) is 0 Å². The normalized spacial score (nSPS) is 16.6. The smallest absolute Gasteiger partial charge is 0.329 e. The summed E-state index contributed by atoms with van der Waals surface area (Å²) in [5, 5.41) is 12.2. The van der Waals surface area contributed by atoms with Crippen LogP contribution in [-0.2, 0) is 9.59 Å².